The van der Waals surface area contributed by atoms with E-state index in [2.05, 4.69) is 0 Å². The number of aliphatic carboxylic acids is 1. The van der Waals surface area contributed by atoms with Crippen LogP contribution in [0.15, 0.2) is 40.6 Å². The van der Waals surface area contributed by atoms with Crippen molar-refractivity contribution in [3.8, 4) is 6.07 Å². The predicted octanol–water partition coefficient (Wildman–Crippen LogP) is 1.84. The van der Waals surface area contributed by atoms with Crippen LogP contribution in [-0.4, -0.2) is 32.2 Å². The zero-order chi connectivity index (χ0) is 16.2. The van der Waals surface area contributed by atoms with Crippen LogP contribution in [0.5, 0.6) is 0 Å². The number of hydrogen-bond acceptors (Lipinski definition) is 5. The lowest BCUT2D eigenvalue weighted by Crippen LogP contribution is -2.31. The van der Waals surface area contributed by atoms with Crippen LogP contribution in [-0.2, 0) is 19.4 Å². The molecular weight excluding hydrogens is 306 g/mol. The highest BCUT2D eigenvalue weighted by Gasteiger charge is 2.28. The average Bonchev–Trinajstić information content (AvgIpc) is 2.53. The SMILES string of the molecule is N#C/C=C/S(=O)(=O)c1ccc(C2CCOC(C(=O)O)C2)cc1. The van der Waals surface area contributed by atoms with Gasteiger partial charge < -0.3 is 9.84 Å². The molecular formula is C15H15NO5S. The van der Waals surface area contributed by atoms with Crippen LogP contribution in [0.4, 0.5) is 0 Å². The van der Waals surface area contributed by atoms with Gasteiger partial charge in [0.05, 0.1) is 11.0 Å². The lowest BCUT2D eigenvalue weighted by molar-refractivity contribution is -0.153. The molecule has 1 aromatic rings. The molecule has 0 radical (unpaired) electrons. The summed E-state index contributed by atoms with van der Waals surface area (Å²) < 4.78 is 28.9. The van der Waals surface area contributed by atoms with E-state index < -0.39 is 21.9 Å². The lowest BCUT2D eigenvalue weighted by atomic mass is 9.89. The number of rotatable bonds is 4. The molecule has 1 aromatic carbocycles. The fourth-order valence-corrected chi connectivity index (χ4v) is 3.31. The van der Waals surface area contributed by atoms with Crippen molar-refractivity contribution in [2.45, 2.75) is 29.8 Å². The first-order chi connectivity index (χ1) is 10.4. The minimum absolute atomic E-state index is 0.0289. The second kappa shape index (κ2) is 6.73. The van der Waals surface area contributed by atoms with Gasteiger partial charge in [0.25, 0.3) is 0 Å². The van der Waals surface area contributed by atoms with E-state index >= 15 is 0 Å². The normalized spacial score (nSPS) is 22.3. The summed E-state index contributed by atoms with van der Waals surface area (Å²) in [5, 5.41) is 18.3. The molecule has 1 aliphatic rings. The van der Waals surface area contributed by atoms with Crippen LogP contribution in [0.1, 0.15) is 24.3 Å². The van der Waals surface area contributed by atoms with Gasteiger partial charge >= 0.3 is 5.97 Å². The van der Waals surface area contributed by atoms with Gasteiger partial charge in [-0.15, -0.1) is 0 Å². The first-order valence-electron chi connectivity index (χ1n) is 6.69. The third-order valence-corrected chi connectivity index (χ3v) is 4.98. The summed E-state index contributed by atoms with van der Waals surface area (Å²) in [6.07, 6.45) is 1.17. The molecule has 22 heavy (non-hydrogen) atoms. The number of carbonyl (C=O) groups is 1. The summed E-state index contributed by atoms with van der Waals surface area (Å²) in [4.78, 5) is 11.1. The van der Waals surface area contributed by atoms with E-state index in [4.69, 9.17) is 15.1 Å². The predicted molar refractivity (Wildman–Crippen MR) is 77.7 cm³/mol. The molecule has 0 aliphatic carbocycles. The standard InChI is InChI=1S/C15H15NO5S/c16-7-1-9-22(19,20)13-4-2-11(3-5-13)12-6-8-21-14(10-12)15(17)18/h1-5,9,12,14H,6,8,10H2,(H,17,18)/b9-1+. The summed E-state index contributed by atoms with van der Waals surface area (Å²) in [5.74, 6) is -0.952. The molecule has 2 rings (SSSR count). The Balaban J connectivity index is 2.17. The maximum Gasteiger partial charge on any atom is 0.332 e. The maximum atomic E-state index is 11.9. The number of hydrogen-bond donors (Lipinski definition) is 1. The van der Waals surface area contributed by atoms with E-state index in [1.54, 1.807) is 18.2 Å². The molecule has 1 fully saturated rings. The van der Waals surface area contributed by atoms with Crippen LogP contribution in [0, 0.1) is 11.3 Å². The number of benzene rings is 1. The number of nitriles is 1. The first kappa shape index (κ1) is 16.2. The lowest BCUT2D eigenvalue weighted by Gasteiger charge is -2.27. The highest BCUT2D eigenvalue weighted by Crippen LogP contribution is 2.31. The van der Waals surface area contributed by atoms with E-state index in [0.717, 1.165) is 17.0 Å². The Morgan fingerprint density at radius 2 is 2.05 bits per heavy atom. The molecule has 2 unspecified atom stereocenters. The van der Waals surface area contributed by atoms with Gasteiger partial charge in [-0.3, -0.25) is 0 Å². The summed E-state index contributed by atoms with van der Waals surface area (Å²) in [6, 6.07) is 7.95. The highest BCUT2D eigenvalue weighted by molar-refractivity contribution is 7.94. The van der Waals surface area contributed by atoms with Gasteiger partial charge in [0, 0.05) is 18.1 Å². The summed E-state index contributed by atoms with van der Waals surface area (Å²) in [7, 11) is -3.62. The molecule has 1 heterocycles. The average molecular weight is 321 g/mol. The Kier molecular flexibility index (Phi) is 4.96. The molecule has 1 N–H and O–H groups in total. The van der Waals surface area contributed by atoms with Crippen LogP contribution in [0.3, 0.4) is 0 Å². The summed E-state index contributed by atoms with van der Waals surface area (Å²) in [6.45, 7) is 0.368. The van der Waals surface area contributed by atoms with Crippen molar-refractivity contribution in [2.24, 2.45) is 0 Å². The zero-order valence-corrected chi connectivity index (χ0v) is 12.5. The van der Waals surface area contributed by atoms with E-state index in [0.29, 0.717) is 19.4 Å². The minimum Gasteiger partial charge on any atom is -0.479 e. The fraction of sp³-hybridized carbons (Fsp3) is 0.333. The molecule has 2 atom stereocenters. The molecule has 0 aromatic heterocycles. The number of carboxylic acid groups (broad SMARTS) is 1. The third-order valence-electron chi connectivity index (χ3n) is 3.56. The molecule has 0 saturated carbocycles. The van der Waals surface area contributed by atoms with Crippen LogP contribution in [0.25, 0.3) is 0 Å². The zero-order valence-electron chi connectivity index (χ0n) is 11.7. The molecule has 116 valence electrons. The van der Waals surface area contributed by atoms with E-state index in [9.17, 15) is 13.2 Å². The van der Waals surface area contributed by atoms with Crippen molar-refractivity contribution in [3.63, 3.8) is 0 Å². The number of ether oxygens (including phenoxy) is 1. The number of nitrogens with zero attached hydrogens (tertiary/aromatic N) is 1. The maximum absolute atomic E-state index is 11.9. The molecule has 0 spiro atoms. The fourth-order valence-electron chi connectivity index (χ4n) is 2.40. The van der Waals surface area contributed by atoms with Gasteiger partial charge in [0.2, 0.25) is 9.84 Å². The van der Waals surface area contributed by atoms with Gasteiger partial charge in [0.1, 0.15) is 0 Å². The molecule has 1 saturated heterocycles. The van der Waals surface area contributed by atoms with Crippen molar-refractivity contribution in [3.05, 3.63) is 41.3 Å². The Morgan fingerprint density at radius 3 is 2.64 bits per heavy atom. The van der Waals surface area contributed by atoms with Crippen LogP contribution >= 0.6 is 0 Å². The van der Waals surface area contributed by atoms with E-state index in [1.165, 1.54) is 12.1 Å². The molecule has 0 amide bonds. The van der Waals surface area contributed by atoms with Gasteiger partial charge in [0.15, 0.2) is 6.10 Å². The molecule has 0 bridgehead atoms. The Morgan fingerprint density at radius 1 is 1.36 bits per heavy atom. The largest absolute Gasteiger partial charge is 0.479 e. The van der Waals surface area contributed by atoms with Crippen LogP contribution < -0.4 is 0 Å². The second-order valence-corrected chi connectivity index (χ2v) is 6.80. The van der Waals surface area contributed by atoms with E-state index in [-0.39, 0.29) is 10.8 Å². The molecule has 6 nitrogen and oxygen atoms in total. The van der Waals surface area contributed by atoms with Gasteiger partial charge in [-0.05, 0) is 36.5 Å². The first-order valence-corrected chi connectivity index (χ1v) is 8.24. The van der Waals surface area contributed by atoms with Crippen molar-refractivity contribution in [2.75, 3.05) is 6.61 Å². The number of allylic oxidation sites excluding steroid dienone is 1. The Labute approximate surface area is 128 Å². The Hall–Kier alpha value is -2.17. The van der Waals surface area contributed by atoms with Crippen molar-refractivity contribution >= 4 is 15.8 Å². The monoisotopic (exact) mass is 321 g/mol. The minimum atomic E-state index is -3.62. The van der Waals surface area contributed by atoms with Crippen molar-refractivity contribution < 1.29 is 23.1 Å². The topological polar surface area (TPSA) is 104 Å². The Bertz CT molecular complexity index is 715. The smallest absolute Gasteiger partial charge is 0.332 e. The second-order valence-electron chi connectivity index (χ2n) is 4.96. The van der Waals surface area contributed by atoms with Gasteiger partial charge in [-0.1, -0.05) is 12.1 Å². The van der Waals surface area contributed by atoms with Crippen LogP contribution in [0.2, 0.25) is 0 Å². The molecule has 7 heteroatoms. The van der Waals surface area contributed by atoms with Crippen molar-refractivity contribution in [1.29, 1.82) is 5.26 Å². The van der Waals surface area contributed by atoms with Crippen molar-refractivity contribution in [1.82, 2.24) is 0 Å². The summed E-state index contributed by atoms with van der Waals surface area (Å²) >= 11 is 0. The summed E-state index contributed by atoms with van der Waals surface area (Å²) in [5.41, 5.74) is 0.887. The van der Waals surface area contributed by atoms with Gasteiger partial charge in [-0.2, -0.15) is 5.26 Å². The number of sulfone groups is 1. The van der Waals surface area contributed by atoms with E-state index in [1.807, 2.05) is 0 Å². The molecule has 1 aliphatic heterocycles. The highest BCUT2D eigenvalue weighted by atomic mass is 32.2. The van der Waals surface area contributed by atoms with Gasteiger partial charge in [-0.25, -0.2) is 13.2 Å². The number of carboxylic acids is 1. The third kappa shape index (κ3) is 3.72. The quantitative estimate of drug-likeness (QED) is 0.849.